The molecule has 0 saturated heterocycles. The molecule has 0 fully saturated rings. The van der Waals surface area contributed by atoms with Gasteiger partial charge in [-0.15, -0.1) is 0 Å². The van der Waals surface area contributed by atoms with E-state index in [9.17, 15) is 0 Å². The largest absolute Gasteiger partial charge is 0.497 e. The Hall–Kier alpha value is -3.74. The van der Waals surface area contributed by atoms with Crippen LogP contribution in [0.5, 0.6) is 5.75 Å². The van der Waals surface area contributed by atoms with Gasteiger partial charge in [-0.05, 0) is 48.0 Å². The lowest BCUT2D eigenvalue weighted by Crippen LogP contribution is -2.03. The molecule has 7 nitrogen and oxygen atoms in total. The van der Waals surface area contributed by atoms with Gasteiger partial charge in [-0.25, -0.2) is 4.98 Å². The average molecular weight is 359 g/mol. The lowest BCUT2D eigenvalue weighted by atomic mass is 10.2. The fourth-order valence-corrected chi connectivity index (χ4v) is 2.60. The van der Waals surface area contributed by atoms with E-state index in [0.29, 0.717) is 24.1 Å². The van der Waals surface area contributed by atoms with E-state index < -0.39 is 0 Å². The van der Waals surface area contributed by atoms with Crippen LogP contribution in [0.4, 0.5) is 5.82 Å². The zero-order chi connectivity index (χ0) is 18.5. The van der Waals surface area contributed by atoms with Gasteiger partial charge in [0.25, 0.3) is 5.89 Å². The maximum absolute atomic E-state index is 5.47. The third-order valence-electron chi connectivity index (χ3n) is 4.00. The molecule has 0 aliphatic rings. The Labute approximate surface area is 156 Å². The smallest absolute Gasteiger partial charge is 0.261 e. The Balaban J connectivity index is 1.57. The molecule has 0 spiro atoms. The number of hydrogen-bond acceptors (Lipinski definition) is 7. The predicted molar refractivity (Wildman–Crippen MR) is 101 cm³/mol. The molecule has 4 rings (SSSR count). The van der Waals surface area contributed by atoms with E-state index in [-0.39, 0.29) is 0 Å². The highest BCUT2D eigenvalue weighted by atomic mass is 16.5. The number of anilines is 1. The number of pyridine rings is 2. The van der Waals surface area contributed by atoms with E-state index in [2.05, 4.69) is 25.4 Å². The number of methoxy groups -OCH3 is 1. The standard InChI is InChI=1S/C20H17N5O2/c1-26-16-8-6-15(7-9-16)18-24-20(27-25-18)17-5-3-11-22-19(17)23-13-14-4-2-10-21-12-14/h2-12H,13H2,1H3,(H,22,23). The van der Waals surface area contributed by atoms with Gasteiger partial charge in [-0.3, -0.25) is 4.98 Å². The summed E-state index contributed by atoms with van der Waals surface area (Å²) in [5.41, 5.74) is 2.65. The highest BCUT2D eigenvalue weighted by Gasteiger charge is 2.15. The number of nitrogens with zero attached hydrogens (tertiary/aromatic N) is 4. The fraction of sp³-hybridized carbons (Fsp3) is 0.100. The maximum atomic E-state index is 5.47. The molecular weight excluding hydrogens is 342 g/mol. The van der Waals surface area contributed by atoms with Crippen molar-refractivity contribution in [2.75, 3.05) is 12.4 Å². The van der Waals surface area contributed by atoms with Crippen molar-refractivity contribution < 1.29 is 9.26 Å². The lowest BCUT2D eigenvalue weighted by Gasteiger charge is -2.08. The van der Waals surface area contributed by atoms with Crippen LogP contribution in [0.15, 0.2) is 71.6 Å². The van der Waals surface area contributed by atoms with Crippen molar-refractivity contribution in [3.05, 3.63) is 72.7 Å². The lowest BCUT2D eigenvalue weighted by molar-refractivity contribution is 0.415. The number of hydrogen-bond donors (Lipinski definition) is 1. The van der Waals surface area contributed by atoms with Crippen LogP contribution < -0.4 is 10.1 Å². The maximum Gasteiger partial charge on any atom is 0.261 e. The summed E-state index contributed by atoms with van der Waals surface area (Å²) in [5, 5.41) is 7.38. The summed E-state index contributed by atoms with van der Waals surface area (Å²) in [5.74, 6) is 2.36. The van der Waals surface area contributed by atoms with Crippen LogP contribution >= 0.6 is 0 Å². The fourth-order valence-electron chi connectivity index (χ4n) is 2.60. The molecule has 1 aromatic carbocycles. The van der Waals surface area contributed by atoms with Gasteiger partial charge >= 0.3 is 0 Å². The molecule has 1 N–H and O–H groups in total. The van der Waals surface area contributed by atoms with Gasteiger partial charge in [-0.2, -0.15) is 4.98 Å². The van der Waals surface area contributed by atoms with E-state index in [1.807, 2.05) is 54.7 Å². The van der Waals surface area contributed by atoms with Crippen LogP contribution in [0.1, 0.15) is 5.56 Å². The van der Waals surface area contributed by atoms with Crippen molar-refractivity contribution in [3.8, 4) is 28.6 Å². The second-order valence-corrected chi connectivity index (χ2v) is 5.77. The molecule has 0 saturated carbocycles. The van der Waals surface area contributed by atoms with Gasteiger partial charge in [0.15, 0.2) is 0 Å². The van der Waals surface area contributed by atoms with Crippen molar-refractivity contribution in [3.63, 3.8) is 0 Å². The van der Waals surface area contributed by atoms with E-state index in [1.165, 1.54) is 0 Å². The Morgan fingerprint density at radius 1 is 1.04 bits per heavy atom. The molecule has 0 bridgehead atoms. The molecule has 3 heterocycles. The van der Waals surface area contributed by atoms with E-state index in [4.69, 9.17) is 9.26 Å². The van der Waals surface area contributed by atoms with E-state index >= 15 is 0 Å². The predicted octanol–water partition coefficient (Wildman–Crippen LogP) is 3.81. The molecule has 3 aromatic heterocycles. The van der Waals surface area contributed by atoms with Crippen LogP contribution in [-0.2, 0) is 6.54 Å². The summed E-state index contributed by atoms with van der Waals surface area (Å²) in [6.07, 6.45) is 5.27. The first-order valence-electron chi connectivity index (χ1n) is 8.40. The van der Waals surface area contributed by atoms with Crippen LogP contribution in [0.25, 0.3) is 22.8 Å². The number of rotatable bonds is 6. The molecule has 27 heavy (non-hydrogen) atoms. The van der Waals surface area contributed by atoms with E-state index in [1.54, 1.807) is 19.5 Å². The quantitative estimate of drug-likeness (QED) is 0.560. The van der Waals surface area contributed by atoms with Crippen LogP contribution in [0, 0.1) is 0 Å². The summed E-state index contributed by atoms with van der Waals surface area (Å²) in [7, 11) is 1.63. The van der Waals surface area contributed by atoms with Gasteiger partial charge in [0.1, 0.15) is 11.6 Å². The van der Waals surface area contributed by atoms with Gasteiger partial charge in [0, 0.05) is 30.7 Å². The summed E-state index contributed by atoms with van der Waals surface area (Å²) in [6, 6.07) is 15.1. The molecule has 0 radical (unpaired) electrons. The van der Waals surface area contributed by atoms with E-state index in [0.717, 1.165) is 22.4 Å². The van der Waals surface area contributed by atoms with Crippen molar-refractivity contribution in [2.24, 2.45) is 0 Å². The average Bonchev–Trinajstić information content (AvgIpc) is 3.23. The molecule has 0 aliphatic heterocycles. The van der Waals surface area contributed by atoms with Gasteiger partial charge < -0.3 is 14.6 Å². The summed E-state index contributed by atoms with van der Waals surface area (Å²) in [6.45, 7) is 0.595. The third kappa shape index (κ3) is 3.77. The summed E-state index contributed by atoms with van der Waals surface area (Å²) in [4.78, 5) is 13.0. The monoisotopic (exact) mass is 359 g/mol. The first-order valence-corrected chi connectivity index (χ1v) is 8.40. The molecule has 7 heteroatoms. The molecule has 134 valence electrons. The minimum Gasteiger partial charge on any atom is -0.497 e. The van der Waals surface area contributed by atoms with Crippen molar-refractivity contribution in [1.29, 1.82) is 0 Å². The molecule has 4 aromatic rings. The minimum absolute atomic E-state index is 0.405. The molecule has 0 amide bonds. The first-order chi connectivity index (χ1) is 13.3. The van der Waals surface area contributed by atoms with Gasteiger partial charge in [-0.1, -0.05) is 11.2 Å². The molecule has 0 aliphatic carbocycles. The van der Waals surface area contributed by atoms with Gasteiger partial charge in [0.05, 0.1) is 12.7 Å². The second-order valence-electron chi connectivity index (χ2n) is 5.77. The van der Waals surface area contributed by atoms with Crippen LogP contribution in [0.3, 0.4) is 0 Å². The Morgan fingerprint density at radius 3 is 2.67 bits per heavy atom. The Morgan fingerprint density at radius 2 is 1.89 bits per heavy atom. The Kier molecular flexibility index (Phi) is 4.74. The molecular formula is C20H17N5O2. The highest BCUT2D eigenvalue weighted by Crippen LogP contribution is 2.27. The number of benzene rings is 1. The zero-order valence-electron chi connectivity index (χ0n) is 14.7. The highest BCUT2D eigenvalue weighted by molar-refractivity contribution is 5.70. The Bertz CT molecular complexity index is 1020. The number of nitrogens with one attached hydrogen (secondary N) is 1. The number of aromatic nitrogens is 4. The van der Waals surface area contributed by atoms with Crippen LogP contribution in [0.2, 0.25) is 0 Å². The van der Waals surface area contributed by atoms with Crippen molar-refractivity contribution in [2.45, 2.75) is 6.54 Å². The third-order valence-corrected chi connectivity index (χ3v) is 4.00. The zero-order valence-corrected chi connectivity index (χ0v) is 14.7. The number of ether oxygens (including phenoxy) is 1. The first kappa shape index (κ1) is 16.7. The normalized spacial score (nSPS) is 10.6. The molecule has 0 atom stereocenters. The summed E-state index contributed by atoms with van der Waals surface area (Å²) >= 11 is 0. The molecule has 0 unspecified atom stereocenters. The van der Waals surface area contributed by atoms with Gasteiger partial charge in [0.2, 0.25) is 5.82 Å². The SMILES string of the molecule is COc1ccc(-c2noc(-c3cccnc3NCc3cccnc3)n2)cc1. The van der Waals surface area contributed by atoms with Crippen molar-refractivity contribution in [1.82, 2.24) is 20.1 Å². The second kappa shape index (κ2) is 7.65. The summed E-state index contributed by atoms with van der Waals surface area (Å²) < 4.78 is 10.6. The minimum atomic E-state index is 0.405. The topological polar surface area (TPSA) is 86.0 Å². The van der Waals surface area contributed by atoms with Crippen molar-refractivity contribution >= 4 is 5.82 Å². The van der Waals surface area contributed by atoms with Crippen LogP contribution in [-0.4, -0.2) is 27.2 Å².